The lowest BCUT2D eigenvalue weighted by Gasteiger charge is -2.28. The number of benzene rings is 8. The van der Waals surface area contributed by atoms with E-state index in [0.29, 0.717) is 0 Å². The Morgan fingerprint density at radius 1 is 0.345 bits per heavy atom. The molecule has 1 aliphatic carbocycles. The van der Waals surface area contributed by atoms with Crippen molar-refractivity contribution in [3.63, 3.8) is 0 Å². The number of rotatable bonds is 8. The monoisotopic (exact) mass is 710 g/mol. The zero-order valence-electron chi connectivity index (χ0n) is 32.1. The van der Waals surface area contributed by atoms with Gasteiger partial charge in [0, 0.05) is 33.8 Å². The molecule has 0 spiro atoms. The minimum absolute atomic E-state index is 0.109. The van der Waals surface area contributed by atoms with E-state index in [0.717, 1.165) is 34.9 Å². The summed E-state index contributed by atoms with van der Waals surface area (Å²) in [5.74, 6) is 0. The maximum atomic E-state index is 2.44. The molecular formula is C53H46N2. The smallest absolute Gasteiger partial charge is 0.0540 e. The Balaban J connectivity index is 1.07. The number of anilines is 6. The lowest BCUT2D eigenvalue weighted by Crippen LogP contribution is -2.18. The van der Waals surface area contributed by atoms with Crippen LogP contribution in [0.3, 0.4) is 0 Å². The maximum absolute atomic E-state index is 2.44. The first kappa shape index (κ1) is 34.4. The topological polar surface area (TPSA) is 6.48 Å². The molecular weight excluding hydrogens is 665 g/mol. The molecule has 0 N–H and O–H groups in total. The third-order valence-corrected chi connectivity index (χ3v) is 11.4. The van der Waals surface area contributed by atoms with Crippen molar-refractivity contribution in [1.82, 2.24) is 0 Å². The minimum atomic E-state index is 0.109. The third kappa shape index (κ3) is 6.49. The molecule has 8 aromatic carbocycles. The highest BCUT2D eigenvalue weighted by Crippen LogP contribution is 2.51. The molecule has 55 heavy (non-hydrogen) atoms. The van der Waals surface area contributed by atoms with Crippen molar-refractivity contribution in [1.29, 1.82) is 0 Å². The van der Waals surface area contributed by atoms with Gasteiger partial charge >= 0.3 is 0 Å². The van der Waals surface area contributed by atoms with Crippen LogP contribution in [0.2, 0.25) is 0 Å². The quantitative estimate of drug-likeness (QED) is 0.155. The molecule has 0 saturated heterocycles. The Hall–Kier alpha value is -6.38. The van der Waals surface area contributed by atoms with Gasteiger partial charge in [0.15, 0.2) is 0 Å². The Bertz CT molecular complexity index is 2580. The van der Waals surface area contributed by atoms with E-state index in [9.17, 15) is 0 Å². The highest BCUT2D eigenvalue weighted by atomic mass is 15.1. The molecule has 8 aromatic rings. The van der Waals surface area contributed by atoms with Gasteiger partial charge in [0.2, 0.25) is 0 Å². The highest BCUT2D eigenvalue weighted by Gasteiger charge is 2.42. The Morgan fingerprint density at radius 2 is 0.782 bits per heavy atom. The van der Waals surface area contributed by atoms with Crippen LogP contribution in [0.15, 0.2) is 194 Å². The van der Waals surface area contributed by atoms with Crippen LogP contribution in [0.25, 0.3) is 33.0 Å². The number of para-hydroxylation sites is 1. The van der Waals surface area contributed by atoms with Gasteiger partial charge in [0.1, 0.15) is 0 Å². The molecule has 2 heteroatoms. The van der Waals surface area contributed by atoms with Crippen LogP contribution in [-0.4, -0.2) is 0 Å². The summed E-state index contributed by atoms with van der Waals surface area (Å²) >= 11 is 0. The number of hydrogen-bond donors (Lipinski definition) is 0. The van der Waals surface area contributed by atoms with Crippen molar-refractivity contribution >= 4 is 44.9 Å². The highest BCUT2D eigenvalue weighted by molar-refractivity contribution is 5.99. The summed E-state index contributed by atoms with van der Waals surface area (Å²) in [7, 11) is 0. The van der Waals surface area contributed by atoms with Gasteiger partial charge in [0.25, 0.3) is 0 Å². The van der Waals surface area contributed by atoms with Crippen LogP contribution in [-0.2, 0) is 10.8 Å². The molecule has 0 aromatic heterocycles. The molecule has 268 valence electrons. The van der Waals surface area contributed by atoms with E-state index in [2.05, 4.69) is 232 Å². The molecule has 0 heterocycles. The normalized spacial score (nSPS) is 14.0. The Morgan fingerprint density at radius 3 is 1.38 bits per heavy atom. The molecule has 0 unspecified atom stereocenters. The average molecular weight is 711 g/mol. The van der Waals surface area contributed by atoms with Gasteiger partial charge in [-0.3, -0.25) is 0 Å². The summed E-state index contributed by atoms with van der Waals surface area (Å²) in [6, 6.07) is 70.6. The third-order valence-electron chi connectivity index (χ3n) is 11.4. The number of hydrogen-bond acceptors (Lipinski definition) is 2. The maximum Gasteiger partial charge on any atom is 0.0540 e. The lowest BCUT2D eigenvalue weighted by atomic mass is 9.82. The van der Waals surface area contributed by atoms with Crippen LogP contribution < -0.4 is 9.80 Å². The fraction of sp³-hybridized carbons (Fsp3) is 0.132. The molecule has 0 saturated carbocycles. The summed E-state index contributed by atoms with van der Waals surface area (Å²) in [6.07, 6.45) is 1.14. The molecule has 9 rings (SSSR count). The molecule has 0 amide bonds. The van der Waals surface area contributed by atoms with Crippen LogP contribution in [0, 0.1) is 0 Å². The van der Waals surface area contributed by atoms with Gasteiger partial charge in [-0.2, -0.15) is 0 Å². The van der Waals surface area contributed by atoms with E-state index >= 15 is 0 Å². The van der Waals surface area contributed by atoms with Crippen LogP contribution in [0.4, 0.5) is 34.1 Å². The number of fused-ring (bicyclic) bond motifs is 2. The van der Waals surface area contributed by atoms with Crippen molar-refractivity contribution in [3.8, 4) is 22.3 Å². The van der Waals surface area contributed by atoms with E-state index < -0.39 is 0 Å². The summed E-state index contributed by atoms with van der Waals surface area (Å²) in [5.41, 5.74) is 14.9. The number of nitrogens with zero attached hydrogens (tertiary/aromatic N) is 2. The van der Waals surface area contributed by atoms with Crippen molar-refractivity contribution in [2.45, 2.75) is 44.9 Å². The van der Waals surface area contributed by atoms with Crippen LogP contribution in [0.1, 0.15) is 45.2 Å². The Labute approximate surface area is 326 Å². The predicted octanol–water partition coefficient (Wildman–Crippen LogP) is 15.1. The van der Waals surface area contributed by atoms with Crippen LogP contribution in [0.5, 0.6) is 0 Å². The molecule has 0 bridgehead atoms. The summed E-state index contributed by atoms with van der Waals surface area (Å²) in [4.78, 5) is 4.76. The van der Waals surface area contributed by atoms with Gasteiger partial charge in [0.05, 0.1) is 5.69 Å². The van der Waals surface area contributed by atoms with Crippen molar-refractivity contribution in [2.75, 3.05) is 9.80 Å². The van der Waals surface area contributed by atoms with Gasteiger partial charge < -0.3 is 9.80 Å². The van der Waals surface area contributed by atoms with Crippen molar-refractivity contribution < 1.29 is 0 Å². The fourth-order valence-corrected chi connectivity index (χ4v) is 9.01. The van der Waals surface area contributed by atoms with Gasteiger partial charge in [-0.05, 0) is 123 Å². The first-order chi connectivity index (χ1) is 26.7. The van der Waals surface area contributed by atoms with Gasteiger partial charge in [-0.1, -0.05) is 155 Å². The van der Waals surface area contributed by atoms with Crippen molar-refractivity contribution in [2.24, 2.45) is 0 Å². The van der Waals surface area contributed by atoms with E-state index in [4.69, 9.17) is 0 Å². The summed E-state index contributed by atoms with van der Waals surface area (Å²) < 4.78 is 0. The molecule has 0 radical (unpaired) electrons. The first-order valence-electron chi connectivity index (χ1n) is 19.4. The molecule has 0 atom stereocenters. The van der Waals surface area contributed by atoms with Gasteiger partial charge in [-0.25, -0.2) is 0 Å². The zero-order valence-corrected chi connectivity index (χ0v) is 32.1. The molecule has 1 aliphatic rings. The van der Waals surface area contributed by atoms with E-state index in [-0.39, 0.29) is 10.8 Å². The standard InChI is InChI=1S/C53H46N2/c1-52(2)37-53(3,4)50-36-47(34-35-49(50)52)54(44-28-22-39(23-29-44)38-14-7-5-8-15-38)45-30-24-40(25-31-45)41-26-32-46(33-27-41)55(43-18-9-6-10-19-43)51-21-13-17-42-16-11-12-20-48(42)51/h5-36H,37H2,1-4H3. The van der Waals surface area contributed by atoms with E-state index in [1.54, 1.807) is 0 Å². The lowest BCUT2D eigenvalue weighted by molar-refractivity contribution is 0.403. The molecule has 0 aliphatic heterocycles. The van der Waals surface area contributed by atoms with Crippen LogP contribution >= 0.6 is 0 Å². The minimum Gasteiger partial charge on any atom is -0.310 e. The summed E-state index contributed by atoms with van der Waals surface area (Å²) in [5, 5.41) is 2.45. The average Bonchev–Trinajstić information content (AvgIpc) is 3.41. The second-order valence-corrected chi connectivity index (χ2v) is 16.2. The second kappa shape index (κ2) is 13.8. The van der Waals surface area contributed by atoms with Gasteiger partial charge in [-0.15, -0.1) is 0 Å². The SMILES string of the molecule is CC1(C)CC(C)(C)c2cc(N(c3ccc(-c4ccccc4)cc3)c3ccc(-c4ccc(N(c5ccccc5)c5cccc6ccccc56)cc4)cc3)ccc21. The van der Waals surface area contributed by atoms with E-state index in [1.165, 1.54) is 49.8 Å². The fourth-order valence-electron chi connectivity index (χ4n) is 9.01. The first-order valence-corrected chi connectivity index (χ1v) is 19.4. The largest absolute Gasteiger partial charge is 0.310 e. The zero-order chi connectivity index (χ0) is 37.6. The molecule has 0 fully saturated rings. The summed E-state index contributed by atoms with van der Waals surface area (Å²) in [6.45, 7) is 9.55. The van der Waals surface area contributed by atoms with E-state index in [1.807, 2.05) is 0 Å². The van der Waals surface area contributed by atoms with Crippen molar-refractivity contribution in [3.05, 3.63) is 205 Å². The molecule has 2 nitrogen and oxygen atoms in total. The second-order valence-electron chi connectivity index (χ2n) is 16.2. The predicted molar refractivity (Wildman–Crippen MR) is 235 cm³/mol. The Kier molecular flexibility index (Phi) is 8.63.